The lowest BCUT2D eigenvalue weighted by atomic mass is 9.52. The van der Waals surface area contributed by atoms with Gasteiger partial charge in [0, 0.05) is 18.4 Å². The predicted octanol–water partition coefficient (Wildman–Crippen LogP) is 2.48. The van der Waals surface area contributed by atoms with E-state index in [1.165, 1.54) is 36.8 Å². The number of hydrogen-bond donors (Lipinski definition) is 2. The summed E-state index contributed by atoms with van der Waals surface area (Å²) in [4.78, 5) is 14.1. The van der Waals surface area contributed by atoms with Gasteiger partial charge in [0.1, 0.15) is 6.61 Å². The van der Waals surface area contributed by atoms with E-state index in [0.29, 0.717) is 30.9 Å². The predicted molar refractivity (Wildman–Crippen MR) is 95.4 cm³/mol. The van der Waals surface area contributed by atoms with Crippen molar-refractivity contribution < 1.29 is 14.6 Å². The molecule has 2 heterocycles. The molecule has 4 aliphatic rings. The normalized spacial score (nSPS) is 32.9. The van der Waals surface area contributed by atoms with Crippen LogP contribution in [0.4, 0.5) is 5.69 Å². The number of phenolic OH excluding ortho intramolecular Hbond substituents is 1. The number of hydrogen-bond acceptors (Lipinski definition) is 4. The quantitative estimate of drug-likeness (QED) is 0.760. The number of ether oxygens (including phenoxy) is 1. The van der Waals surface area contributed by atoms with Crippen molar-refractivity contribution in [2.75, 3.05) is 24.6 Å². The van der Waals surface area contributed by atoms with Crippen molar-refractivity contribution in [3.05, 3.63) is 17.2 Å². The molecule has 2 aliphatic heterocycles. The van der Waals surface area contributed by atoms with Crippen LogP contribution in [0.1, 0.15) is 50.2 Å². The summed E-state index contributed by atoms with van der Waals surface area (Å²) in [7, 11) is 0. The first-order valence-corrected chi connectivity index (χ1v) is 9.65. The number of aromatic hydroxyl groups is 1. The molecule has 134 valence electrons. The zero-order valence-electron chi connectivity index (χ0n) is 14.8. The van der Waals surface area contributed by atoms with Crippen LogP contribution in [0, 0.1) is 5.92 Å². The van der Waals surface area contributed by atoms with Crippen molar-refractivity contribution in [3.8, 4) is 11.5 Å². The van der Waals surface area contributed by atoms with Gasteiger partial charge in [0.25, 0.3) is 0 Å². The molecule has 5 nitrogen and oxygen atoms in total. The second-order valence-corrected chi connectivity index (χ2v) is 8.14. The van der Waals surface area contributed by atoms with Crippen LogP contribution in [-0.2, 0) is 16.6 Å². The molecule has 0 aromatic heterocycles. The number of piperidine rings is 1. The number of phenols is 1. The number of benzene rings is 1. The summed E-state index contributed by atoms with van der Waals surface area (Å²) in [5, 5.41) is 14.5. The van der Waals surface area contributed by atoms with Gasteiger partial charge in [0.05, 0.1) is 12.2 Å². The van der Waals surface area contributed by atoms with E-state index >= 15 is 0 Å². The van der Waals surface area contributed by atoms with Crippen LogP contribution in [0.5, 0.6) is 11.5 Å². The molecule has 2 N–H and O–H groups in total. The van der Waals surface area contributed by atoms with Gasteiger partial charge in [0.2, 0.25) is 5.91 Å². The molecule has 1 aromatic carbocycles. The second-order valence-electron chi connectivity index (χ2n) is 8.14. The molecule has 3 atom stereocenters. The van der Waals surface area contributed by atoms with Gasteiger partial charge in [-0.2, -0.15) is 0 Å². The number of carbonyl (C=O) groups excluding carboxylic acids is 1. The fourth-order valence-electron chi connectivity index (χ4n) is 6.11. The maximum absolute atomic E-state index is 12.3. The number of amides is 1. The van der Waals surface area contributed by atoms with E-state index in [9.17, 15) is 9.90 Å². The summed E-state index contributed by atoms with van der Waals surface area (Å²) < 4.78 is 5.79. The molecular weight excluding hydrogens is 316 g/mol. The van der Waals surface area contributed by atoms with Crippen LogP contribution in [0.2, 0.25) is 0 Å². The lowest BCUT2D eigenvalue weighted by Crippen LogP contribution is -2.59. The number of nitrogens with zero attached hydrogens (tertiary/aromatic N) is 1. The van der Waals surface area contributed by atoms with E-state index in [-0.39, 0.29) is 17.1 Å². The maximum Gasteiger partial charge on any atom is 0.224 e. The molecule has 1 saturated heterocycles. The highest BCUT2D eigenvalue weighted by atomic mass is 16.5. The van der Waals surface area contributed by atoms with Gasteiger partial charge in [-0.25, -0.2) is 0 Å². The van der Waals surface area contributed by atoms with E-state index < -0.39 is 0 Å². The Kier molecular flexibility index (Phi) is 3.33. The zero-order chi connectivity index (χ0) is 17.2. The van der Waals surface area contributed by atoms with Gasteiger partial charge >= 0.3 is 0 Å². The molecule has 25 heavy (non-hydrogen) atoms. The van der Waals surface area contributed by atoms with Gasteiger partial charge in [-0.05, 0) is 55.3 Å². The van der Waals surface area contributed by atoms with Crippen molar-refractivity contribution >= 4 is 11.6 Å². The molecule has 0 unspecified atom stereocenters. The highest BCUT2D eigenvalue weighted by Crippen LogP contribution is 2.58. The first-order valence-electron chi connectivity index (χ1n) is 9.65. The van der Waals surface area contributed by atoms with Crippen LogP contribution in [-0.4, -0.2) is 36.8 Å². The number of nitrogens with one attached hydrogen (secondary N) is 1. The number of carbonyl (C=O) groups is 1. The highest BCUT2D eigenvalue weighted by molar-refractivity contribution is 5.96. The second kappa shape index (κ2) is 5.37. The van der Waals surface area contributed by atoms with Gasteiger partial charge in [-0.1, -0.05) is 12.8 Å². The Morgan fingerprint density at radius 3 is 3.12 bits per heavy atom. The number of fused-ring (bicyclic) bond motifs is 3. The van der Waals surface area contributed by atoms with Crippen molar-refractivity contribution in [1.29, 1.82) is 0 Å². The smallest absolute Gasteiger partial charge is 0.224 e. The largest absolute Gasteiger partial charge is 0.504 e. The first kappa shape index (κ1) is 15.5. The van der Waals surface area contributed by atoms with Gasteiger partial charge < -0.3 is 20.1 Å². The molecule has 1 aromatic rings. The molecule has 5 heteroatoms. The Bertz CT molecular complexity index is 743. The summed E-state index contributed by atoms with van der Waals surface area (Å²) in [6, 6.07) is 2.45. The van der Waals surface area contributed by atoms with Gasteiger partial charge in [0.15, 0.2) is 11.5 Å². The Labute approximate surface area is 148 Å². The number of rotatable bonds is 0. The van der Waals surface area contributed by atoms with Crippen LogP contribution >= 0.6 is 0 Å². The molecule has 0 radical (unpaired) electrons. The summed E-state index contributed by atoms with van der Waals surface area (Å²) in [5.74, 6) is 1.38. The van der Waals surface area contributed by atoms with E-state index in [1.54, 1.807) is 6.92 Å². The average molecular weight is 342 g/mol. The third-order valence-corrected chi connectivity index (χ3v) is 7.07. The summed E-state index contributed by atoms with van der Waals surface area (Å²) in [5.41, 5.74) is 3.53. The minimum absolute atomic E-state index is 0.0266. The summed E-state index contributed by atoms with van der Waals surface area (Å²) in [6.07, 6.45) is 7.08. The molecular formula is C20H26N2O3. The van der Waals surface area contributed by atoms with E-state index in [4.69, 9.17) is 4.74 Å². The molecule has 0 spiro atoms. The Balaban J connectivity index is 1.76. The summed E-state index contributed by atoms with van der Waals surface area (Å²) in [6.45, 7) is 3.65. The van der Waals surface area contributed by atoms with Crippen LogP contribution < -0.4 is 15.0 Å². The molecule has 2 aliphatic carbocycles. The Morgan fingerprint density at radius 2 is 2.28 bits per heavy atom. The Morgan fingerprint density at radius 1 is 1.40 bits per heavy atom. The van der Waals surface area contributed by atoms with Gasteiger partial charge in [-0.3, -0.25) is 4.79 Å². The SMILES string of the molecule is CC(=O)N1CCOc2c(O)cc3c(c21)C[C@@H]1NCC[C@]32CCCC[C@H]12. The minimum atomic E-state index is 0.0266. The van der Waals surface area contributed by atoms with Crippen molar-refractivity contribution in [1.82, 2.24) is 5.32 Å². The molecule has 1 amide bonds. The monoisotopic (exact) mass is 342 g/mol. The topological polar surface area (TPSA) is 61.8 Å². The van der Waals surface area contributed by atoms with E-state index in [2.05, 4.69) is 5.32 Å². The van der Waals surface area contributed by atoms with Crippen molar-refractivity contribution in [2.45, 2.75) is 56.9 Å². The lowest BCUT2D eigenvalue weighted by molar-refractivity contribution is -0.116. The Hall–Kier alpha value is -1.75. The fraction of sp³-hybridized carbons (Fsp3) is 0.650. The molecule has 2 fully saturated rings. The lowest BCUT2D eigenvalue weighted by Gasteiger charge is -2.56. The summed E-state index contributed by atoms with van der Waals surface area (Å²) >= 11 is 0. The third kappa shape index (κ3) is 2.02. The highest BCUT2D eigenvalue weighted by Gasteiger charge is 2.53. The molecule has 1 saturated carbocycles. The third-order valence-electron chi connectivity index (χ3n) is 7.07. The maximum atomic E-state index is 12.3. The average Bonchev–Trinajstić information content (AvgIpc) is 2.62. The molecule has 5 rings (SSSR count). The molecule has 2 bridgehead atoms. The van der Waals surface area contributed by atoms with Crippen LogP contribution in [0.3, 0.4) is 0 Å². The first-order chi connectivity index (χ1) is 12.1. The van der Waals surface area contributed by atoms with E-state index in [0.717, 1.165) is 25.1 Å². The standard InChI is InChI=1S/C20H26N2O3/c1-12(23)22-8-9-25-19-17(24)11-15-13(18(19)22)10-16-14-4-2-3-5-20(14,15)6-7-21-16/h11,14,16,21,24H,2-10H2,1H3/t14-,16+,20+/m1/s1. The zero-order valence-corrected chi connectivity index (χ0v) is 14.8. The van der Waals surface area contributed by atoms with Crippen molar-refractivity contribution in [2.24, 2.45) is 5.92 Å². The minimum Gasteiger partial charge on any atom is -0.504 e. The van der Waals surface area contributed by atoms with Crippen molar-refractivity contribution in [3.63, 3.8) is 0 Å². The number of anilines is 1. The van der Waals surface area contributed by atoms with E-state index in [1.807, 2.05) is 11.0 Å². The van der Waals surface area contributed by atoms with Crippen LogP contribution in [0.15, 0.2) is 6.07 Å². The fourth-order valence-corrected chi connectivity index (χ4v) is 6.11. The van der Waals surface area contributed by atoms with Gasteiger partial charge in [-0.15, -0.1) is 0 Å². The van der Waals surface area contributed by atoms with Crippen LogP contribution in [0.25, 0.3) is 0 Å².